The minimum Gasteiger partial charge on any atom is -0.322 e. The number of benzene rings is 2. The minimum atomic E-state index is -0.286. The van der Waals surface area contributed by atoms with Crippen LogP contribution in [0.3, 0.4) is 0 Å². The van der Waals surface area contributed by atoms with Crippen molar-refractivity contribution in [1.82, 2.24) is 9.55 Å². The summed E-state index contributed by atoms with van der Waals surface area (Å²) in [7, 11) is 0. The predicted octanol–water partition coefficient (Wildman–Crippen LogP) is 4.73. The average Bonchev–Trinajstić information content (AvgIpc) is 2.76. The van der Waals surface area contributed by atoms with Crippen molar-refractivity contribution in [2.75, 3.05) is 0 Å². The molecular weight excluding hydrogens is 343 g/mol. The highest BCUT2D eigenvalue weighted by atomic mass is 79.9. The van der Waals surface area contributed by atoms with Crippen LogP contribution in [0.4, 0.5) is 4.39 Å². The second-order valence-electron chi connectivity index (χ2n) is 4.51. The van der Waals surface area contributed by atoms with Gasteiger partial charge in [-0.1, -0.05) is 28.1 Å². The summed E-state index contributed by atoms with van der Waals surface area (Å²) in [6.45, 7) is 0.656. The summed E-state index contributed by atoms with van der Waals surface area (Å²) in [4.78, 5) is 4.39. The van der Waals surface area contributed by atoms with Crippen molar-refractivity contribution < 1.29 is 4.39 Å². The molecule has 0 saturated heterocycles. The van der Waals surface area contributed by atoms with Gasteiger partial charge in [0.05, 0.1) is 16.9 Å². The zero-order valence-electron chi connectivity index (χ0n) is 10.5. The number of rotatable bonds is 3. The second-order valence-corrected chi connectivity index (χ2v) is 5.69. The molecule has 0 N–H and O–H groups in total. The lowest BCUT2D eigenvalue weighted by Crippen LogP contribution is -2.03. The summed E-state index contributed by atoms with van der Waals surface area (Å²) < 4.78 is 16.3. The highest BCUT2D eigenvalue weighted by Crippen LogP contribution is 2.21. The molecule has 0 saturated carbocycles. The Morgan fingerprint density at radius 2 is 2.05 bits per heavy atom. The van der Waals surface area contributed by atoms with Crippen LogP contribution in [0.2, 0.25) is 0 Å². The highest BCUT2D eigenvalue weighted by Gasteiger charge is 2.11. The van der Waals surface area contributed by atoms with Gasteiger partial charge in [-0.25, -0.2) is 9.37 Å². The molecule has 1 aromatic heterocycles. The van der Waals surface area contributed by atoms with Gasteiger partial charge in [-0.3, -0.25) is 0 Å². The zero-order valence-corrected chi connectivity index (χ0v) is 12.8. The second kappa shape index (κ2) is 5.54. The van der Waals surface area contributed by atoms with E-state index in [0.29, 0.717) is 17.9 Å². The molecule has 0 spiro atoms. The third kappa shape index (κ3) is 2.58. The molecule has 0 atom stereocenters. The smallest absolute Gasteiger partial charge is 0.125 e. The fourth-order valence-electron chi connectivity index (χ4n) is 2.25. The van der Waals surface area contributed by atoms with Crippen LogP contribution in [0.15, 0.2) is 46.9 Å². The van der Waals surface area contributed by atoms with E-state index in [1.807, 2.05) is 28.8 Å². The van der Waals surface area contributed by atoms with Gasteiger partial charge in [-0.15, -0.1) is 11.6 Å². The van der Waals surface area contributed by atoms with E-state index >= 15 is 0 Å². The quantitative estimate of drug-likeness (QED) is 0.623. The van der Waals surface area contributed by atoms with Gasteiger partial charge in [0, 0.05) is 17.1 Å². The minimum absolute atomic E-state index is 0.286. The molecule has 2 nitrogen and oxygen atoms in total. The van der Waals surface area contributed by atoms with E-state index in [1.54, 1.807) is 6.07 Å². The van der Waals surface area contributed by atoms with Gasteiger partial charge in [-0.2, -0.15) is 0 Å². The maximum absolute atomic E-state index is 13.3. The molecule has 0 radical (unpaired) electrons. The van der Waals surface area contributed by atoms with E-state index < -0.39 is 0 Å². The molecule has 0 aliphatic heterocycles. The fourth-order valence-corrected chi connectivity index (χ4v) is 2.90. The van der Waals surface area contributed by atoms with Crippen molar-refractivity contribution in [3.05, 3.63) is 64.1 Å². The van der Waals surface area contributed by atoms with Gasteiger partial charge in [0.1, 0.15) is 11.6 Å². The summed E-state index contributed by atoms with van der Waals surface area (Å²) >= 11 is 9.42. The zero-order chi connectivity index (χ0) is 14.1. The lowest BCUT2D eigenvalue weighted by Gasteiger charge is -2.08. The van der Waals surface area contributed by atoms with E-state index in [0.717, 1.165) is 21.4 Å². The first-order valence-corrected chi connectivity index (χ1v) is 7.45. The van der Waals surface area contributed by atoms with Gasteiger partial charge < -0.3 is 4.57 Å². The third-order valence-corrected chi connectivity index (χ3v) is 3.87. The van der Waals surface area contributed by atoms with Crippen LogP contribution in [0.5, 0.6) is 0 Å². The molecule has 1 heterocycles. The van der Waals surface area contributed by atoms with E-state index in [1.165, 1.54) is 12.1 Å². The maximum atomic E-state index is 13.3. The first kappa shape index (κ1) is 13.6. The van der Waals surface area contributed by atoms with Crippen molar-refractivity contribution in [3.63, 3.8) is 0 Å². The lowest BCUT2D eigenvalue weighted by molar-refractivity contribution is 0.629. The number of hydrogen-bond donors (Lipinski definition) is 0. The highest BCUT2D eigenvalue weighted by molar-refractivity contribution is 9.10. The molecule has 3 aromatic rings. The number of nitrogens with zero attached hydrogens (tertiary/aromatic N) is 2. The molecule has 0 aliphatic rings. The Hall–Kier alpha value is -1.39. The fraction of sp³-hybridized carbons (Fsp3) is 0.133. The topological polar surface area (TPSA) is 17.8 Å². The first-order chi connectivity index (χ1) is 9.67. The Bertz CT molecular complexity index is 770. The van der Waals surface area contributed by atoms with Crippen molar-refractivity contribution in [2.24, 2.45) is 0 Å². The van der Waals surface area contributed by atoms with Crippen LogP contribution in [0.25, 0.3) is 11.0 Å². The van der Waals surface area contributed by atoms with Gasteiger partial charge in [0.25, 0.3) is 0 Å². The van der Waals surface area contributed by atoms with Crippen LogP contribution in [0.1, 0.15) is 11.4 Å². The Morgan fingerprint density at radius 3 is 2.80 bits per heavy atom. The standard InChI is InChI=1S/C15H11BrClFN2/c16-11-3-1-2-10(6-11)9-20-14-5-4-12(18)7-13(14)19-15(20)8-17/h1-7H,8-9H2. The summed E-state index contributed by atoms with van der Waals surface area (Å²) in [5, 5.41) is 0. The molecular formula is C15H11BrClFN2. The largest absolute Gasteiger partial charge is 0.322 e. The molecule has 2 aromatic carbocycles. The van der Waals surface area contributed by atoms with Crippen LogP contribution < -0.4 is 0 Å². The summed E-state index contributed by atoms with van der Waals surface area (Å²) in [6.07, 6.45) is 0. The maximum Gasteiger partial charge on any atom is 0.125 e. The third-order valence-electron chi connectivity index (χ3n) is 3.14. The van der Waals surface area contributed by atoms with E-state index in [2.05, 4.69) is 20.9 Å². The van der Waals surface area contributed by atoms with Crippen LogP contribution in [0, 0.1) is 5.82 Å². The Morgan fingerprint density at radius 1 is 1.20 bits per heavy atom. The molecule has 0 aliphatic carbocycles. The molecule has 0 amide bonds. The lowest BCUT2D eigenvalue weighted by atomic mass is 10.2. The average molecular weight is 354 g/mol. The monoisotopic (exact) mass is 352 g/mol. The van der Waals surface area contributed by atoms with Crippen molar-refractivity contribution in [3.8, 4) is 0 Å². The van der Waals surface area contributed by atoms with E-state index in [-0.39, 0.29) is 5.82 Å². The van der Waals surface area contributed by atoms with Gasteiger partial charge in [-0.05, 0) is 29.8 Å². The SMILES string of the molecule is Fc1ccc2c(c1)nc(CCl)n2Cc1cccc(Br)c1. The summed E-state index contributed by atoms with van der Waals surface area (Å²) in [6, 6.07) is 12.7. The number of imidazole rings is 1. The molecule has 0 bridgehead atoms. The first-order valence-electron chi connectivity index (χ1n) is 6.12. The normalized spacial score (nSPS) is 11.2. The predicted molar refractivity (Wildman–Crippen MR) is 82.5 cm³/mol. The van der Waals surface area contributed by atoms with Crippen LogP contribution in [-0.4, -0.2) is 9.55 Å². The Labute approximate surface area is 129 Å². The van der Waals surface area contributed by atoms with Crippen LogP contribution in [-0.2, 0) is 12.4 Å². The molecule has 102 valence electrons. The van der Waals surface area contributed by atoms with Crippen molar-refractivity contribution in [1.29, 1.82) is 0 Å². The van der Waals surface area contributed by atoms with E-state index in [9.17, 15) is 4.39 Å². The van der Waals surface area contributed by atoms with E-state index in [4.69, 9.17) is 11.6 Å². The van der Waals surface area contributed by atoms with Crippen molar-refractivity contribution in [2.45, 2.75) is 12.4 Å². The molecule has 3 rings (SSSR count). The molecule has 0 unspecified atom stereocenters. The summed E-state index contributed by atoms with van der Waals surface area (Å²) in [5.74, 6) is 0.752. The van der Waals surface area contributed by atoms with Crippen molar-refractivity contribution >= 4 is 38.6 Å². The number of halogens is 3. The molecule has 20 heavy (non-hydrogen) atoms. The van der Waals surface area contributed by atoms with Gasteiger partial charge in [0.2, 0.25) is 0 Å². The van der Waals surface area contributed by atoms with Crippen LogP contribution >= 0.6 is 27.5 Å². The Balaban J connectivity index is 2.10. The van der Waals surface area contributed by atoms with Gasteiger partial charge in [0.15, 0.2) is 0 Å². The number of aromatic nitrogens is 2. The van der Waals surface area contributed by atoms with Gasteiger partial charge >= 0.3 is 0 Å². The summed E-state index contributed by atoms with van der Waals surface area (Å²) in [5.41, 5.74) is 2.66. The molecule has 0 fully saturated rings. The molecule has 5 heteroatoms. The number of fused-ring (bicyclic) bond motifs is 1. The number of alkyl halides is 1. The Kier molecular flexibility index (Phi) is 3.76. The number of hydrogen-bond acceptors (Lipinski definition) is 1.